The molecule has 0 aliphatic heterocycles. The van der Waals surface area contributed by atoms with E-state index in [2.05, 4.69) is 11.2 Å². The van der Waals surface area contributed by atoms with Crippen LogP contribution < -0.4 is 11.1 Å². The van der Waals surface area contributed by atoms with Gasteiger partial charge in [-0.15, -0.1) is 6.42 Å². The fourth-order valence-corrected chi connectivity index (χ4v) is 1.76. The third-order valence-corrected chi connectivity index (χ3v) is 2.72. The Balaban J connectivity index is 2.06. The first-order valence-electron chi connectivity index (χ1n) is 5.89. The highest BCUT2D eigenvalue weighted by molar-refractivity contribution is 5.93. The first kappa shape index (κ1) is 12.7. The third-order valence-electron chi connectivity index (χ3n) is 2.72. The van der Waals surface area contributed by atoms with E-state index in [0.29, 0.717) is 11.4 Å². The minimum Gasteiger partial charge on any atom is -0.398 e. The Kier molecular flexibility index (Phi) is 3.84. The van der Waals surface area contributed by atoms with Gasteiger partial charge in [-0.3, -0.25) is 4.79 Å². The van der Waals surface area contributed by atoms with Crippen LogP contribution in [0.5, 0.6) is 0 Å². The Morgan fingerprint density at radius 2 is 2.00 bits per heavy atom. The minimum absolute atomic E-state index is 0.118. The smallest absolute Gasteiger partial charge is 0.228 e. The zero-order valence-electron chi connectivity index (χ0n) is 10.4. The Morgan fingerprint density at radius 1 is 1.21 bits per heavy atom. The molecule has 0 aliphatic carbocycles. The summed E-state index contributed by atoms with van der Waals surface area (Å²) in [6.45, 7) is 0. The molecule has 0 atom stereocenters. The van der Waals surface area contributed by atoms with Gasteiger partial charge in [-0.25, -0.2) is 0 Å². The second kappa shape index (κ2) is 5.74. The molecule has 19 heavy (non-hydrogen) atoms. The van der Waals surface area contributed by atoms with Gasteiger partial charge in [0, 0.05) is 16.9 Å². The number of hydrogen-bond acceptors (Lipinski definition) is 2. The highest BCUT2D eigenvalue weighted by atomic mass is 16.1. The van der Waals surface area contributed by atoms with Gasteiger partial charge in [0.05, 0.1) is 6.42 Å². The summed E-state index contributed by atoms with van der Waals surface area (Å²) in [4.78, 5) is 11.9. The molecule has 0 saturated heterocycles. The number of benzene rings is 2. The quantitative estimate of drug-likeness (QED) is 0.649. The van der Waals surface area contributed by atoms with E-state index in [1.165, 1.54) is 0 Å². The van der Waals surface area contributed by atoms with E-state index in [1.54, 1.807) is 18.2 Å². The van der Waals surface area contributed by atoms with E-state index in [0.717, 1.165) is 11.1 Å². The average Bonchev–Trinajstić information content (AvgIpc) is 2.41. The van der Waals surface area contributed by atoms with Gasteiger partial charge in [0.15, 0.2) is 0 Å². The summed E-state index contributed by atoms with van der Waals surface area (Å²) in [5.41, 5.74) is 8.66. The van der Waals surface area contributed by atoms with Crippen molar-refractivity contribution in [3.05, 3.63) is 59.7 Å². The molecule has 3 heteroatoms. The number of hydrogen-bond donors (Lipinski definition) is 2. The average molecular weight is 250 g/mol. The van der Waals surface area contributed by atoms with Crippen LogP contribution in [0.3, 0.4) is 0 Å². The first-order chi connectivity index (χ1) is 9.19. The molecule has 0 heterocycles. The summed E-state index contributed by atoms with van der Waals surface area (Å²) in [6.07, 6.45) is 5.56. The predicted octanol–water partition coefficient (Wildman–Crippen LogP) is 2.43. The third kappa shape index (κ3) is 3.36. The summed E-state index contributed by atoms with van der Waals surface area (Å²) in [5.74, 6) is 2.41. The molecule has 0 spiro atoms. The number of rotatable bonds is 3. The molecule has 94 valence electrons. The molecule has 0 aliphatic rings. The van der Waals surface area contributed by atoms with E-state index < -0.39 is 0 Å². The van der Waals surface area contributed by atoms with Crippen LogP contribution in [0.4, 0.5) is 11.4 Å². The topological polar surface area (TPSA) is 55.1 Å². The lowest BCUT2D eigenvalue weighted by Gasteiger charge is -2.07. The van der Waals surface area contributed by atoms with Crippen LogP contribution in [0.2, 0.25) is 0 Å². The van der Waals surface area contributed by atoms with Crippen LogP contribution in [0.25, 0.3) is 0 Å². The molecular formula is C16H14N2O. The van der Waals surface area contributed by atoms with Gasteiger partial charge >= 0.3 is 0 Å². The van der Waals surface area contributed by atoms with Crippen LogP contribution >= 0.6 is 0 Å². The van der Waals surface area contributed by atoms with Crippen LogP contribution in [0.15, 0.2) is 48.5 Å². The number of terminal acetylenes is 1. The lowest BCUT2D eigenvalue weighted by Crippen LogP contribution is -2.15. The zero-order chi connectivity index (χ0) is 13.7. The monoisotopic (exact) mass is 250 g/mol. The predicted molar refractivity (Wildman–Crippen MR) is 77.6 cm³/mol. The zero-order valence-corrected chi connectivity index (χ0v) is 10.4. The molecule has 0 bridgehead atoms. The molecule has 1 amide bonds. The highest BCUT2D eigenvalue weighted by Gasteiger charge is 2.06. The summed E-state index contributed by atoms with van der Waals surface area (Å²) in [5, 5.41) is 2.80. The number of amides is 1. The lowest BCUT2D eigenvalue weighted by molar-refractivity contribution is -0.115. The minimum atomic E-state index is -0.118. The van der Waals surface area contributed by atoms with Crippen molar-refractivity contribution in [2.45, 2.75) is 6.42 Å². The van der Waals surface area contributed by atoms with Crippen LogP contribution in [0, 0.1) is 12.3 Å². The van der Waals surface area contributed by atoms with Gasteiger partial charge in [-0.05, 0) is 29.8 Å². The summed E-state index contributed by atoms with van der Waals surface area (Å²) >= 11 is 0. The Bertz CT molecular complexity index is 641. The van der Waals surface area contributed by atoms with Crippen molar-refractivity contribution >= 4 is 17.3 Å². The SMILES string of the molecule is C#Cc1cccc(NC(=O)Cc2ccccc2N)c1. The molecule has 0 unspecified atom stereocenters. The number of carbonyl (C=O) groups is 1. The maximum absolute atomic E-state index is 11.9. The molecule has 0 saturated carbocycles. The molecule has 2 aromatic rings. The van der Waals surface area contributed by atoms with Crippen molar-refractivity contribution in [1.29, 1.82) is 0 Å². The van der Waals surface area contributed by atoms with Crippen molar-refractivity contribution in [2.75, 3.05) is 11.1 Å². The Labute approximate surface area is 112 Å². The standard InChI is InChI=1S/C16H14N2O/c1-2-12-6-5-8-14(10-12)18-16(19)11-13-7-3-4-9-15(13)17/h1,3-10H,11,17H2,(H,18,19). The van der Waals surface area contributed by atoms with Gasteiger partial charge in [0.2, 0.25) is 5.91 Å². The number of nitrogen functional groups attached to an aromatic ring is 1. The van der Waals surface area contributed by atoms with Crippen molar-refractivity contribution in [2.24, 2.45) is 0 Å². The maximum atomic E-state index is 11.9. The van der Waals surface area contributed by atoms with Crippen LogP contribution in [0.1, 0.15) is 11.1 Å². The van der Waals surface area contributed by atoms with Gasteiger partial charge in [-0.1, -0.05) is 30.2 Å². The summed E-state index contributed by atoms with van der Waals surface area (Å²) < 4.78 is 0. The number of nitrogens with two attached hydrogens (primary N) is 1. The van der Waals surface area contributed by atoms with Gasteiger partial charge in [0.25, 0.3) is 0 Å². The van der Waals surface area contributed by atoms with E-state index in [1.807, 2.05) is 30.3 Å². The number of anilines is 2. The van der Waals surface area contributed by atoms with Crippen molar-refractivity contribution in [3.8, 4) is 12.3 Å². The van der Waals surface area contributed by atoms with Crippen LogP contribution in [-0.4, -0.2) is 5.91 Å². The Hall–Kier alpha value is -2.73. The van der Waals surface area contributed by atoms with Crippen molar-refractivity contribution in [3.63, 3.8) is 0 Å². The van der Waals surface area contributed by atoms with Crippen molar-refractivity contribution < 1.29 is 4.79 Å². The van der Waals surface area contributed by atoms with E-state index in [-0.39, 0.29) is 12.3 Å². The normalized spacial score (nSPS) is 9.63. The molecule has 2 aromatic carbocycles. The molecular weight excluding hydrogens is 236 g/mol. The Morgan fingerprint density at radius 3 is 2.74 bits per heavy atom. The van der Waals surface area contributed by atoms with Gasteiger partial charge < -0.3 is 11.1 Å². The molecule has 2 rings (SSSR count). The number of para-hydroxylation sites is 1. The lowest BCUT2D eigenvalue weighted by atomic mass is 10.1. The van der Waals surface area contributed by atoms with E-state index in [9.17, 15) is 4.79 Å². The first-order valence-corrected chi connectivity index (χ1v) is 5.89. The second-order valence-electron chi connectivity index (χ2n) is 4.15. The fourth-order valence-electron chi connectivity index (χ4n) is 1.76. The van der Waals surface area contributed by atoms with Gasteiger partial charge in [0.1, 0.15) is 0 Å². The molecule has 0 radical (unpaired) electrons. The second-order valence-corrected chi connectivity index (χ2v) is 4.15. The highest BCUT2D eigenvalue weighted by Crippen LogP contribution is 2.14. The van der Waals surface area contributed by atoms with Crippen LogP contribution in [-0.2, 0) is 11.2 Å². The molecule has 3 nitrogen and oxygen atoms in total. The van der Waals surface area contributed by atoms with E-state index >= 15 is 0 Å². The summed E-state index contributed by atoms with van der Waals surface area (Å²) in [6, 6.07) is 14.5. The summed E-state index contributed by atoms with van der Waals surface area (Å²) in [7, 11) is 0. The molecule has 0 aromatic heterocycles. The molecule has 3 N–H and O–H groups in total. The van der Waals surface area contributed by atoms with Gasteiger partial charge in [-0.2, -0.15) is 0 Å². The maximum Gasteiger partial charge on any atom is 0.228 e. The van der Waals surface area contributed by atoms with Crippen molar-refractivity contribution in [1.82, 2.24) is 0 Å². The molecule has 0 fully saturated rings. The fraction of sp³-hybridized carbons (Fsp3) is 0.0625. The number of nitrogens with one attached hydrogen (secondary N) is 1. The number of carbonyl (C=O) groups excluding carboxylic acids is 1. The van der Waals surface area contributed by atoms with E-state index in [4.69, 9.17) is 12.2 Å². The largest absolute Gasteiger partial charge is 0.398 e.